The van der Waals surface area contributed by atoms with E-state index in [1.54, 1.807) is 0 Å². The van der Waals surface area contributed by atoms with Crippen molar-refractivity contribution < 1.29 is 0 Å². The summed E-state index contributed by atoms with van der Waals surface area (Å²) in [6.45, 7) is 2.04. The van der Waals surface area contributed by atoms with E-state index < -0.39 is 0 Å². The third-order valence-corrected chi connectivity index (χ3v) is 8.16. The predicted molar refractivity (Wildman–Crippen MR) is 183 cm³/mol. The summed E-state index contributed by atoms with van der Waals surface area (Å²) in [5.41, 5.74) is 7.40. The van der Waals surface area contributed by atoms with Crippen LogP contribution >= 0.6 is 0 Å². The van der Waals surface area contributed by atoms with Gasteiger partial charge in [-0.2, -0.15) is 10.5 Å². The number of para-hydroxylation sites is 1. The van der Waals surface area contributed by atoms with Gasteiger partial charge in [-0.25, -0.2) is 0 Å². The molecule has 206 valence electrons. The summed E-state index contributed by atoms with van der Waals surface area (Å²) in [5, 5.41) is 25.8. The SMILES string of the molecule is Cc1ccc2c(C#N)c(C#N)c3ccc(C=Cc4ccc(N(c5ccccc5)c5cccc6ccccc56)cc4)cc3c2c1. The van der Waals surface area contributed by atoms with Crippen molar-refractivity contribution in [2.75, 3.05) is 4.90 Å². The van der Waals surface area contributed by atoms with E-state index in [2.05, 4.69) is 132 Å². The van der Waals surface area contributed by atoms with E-state index in [4.69, 9.17) is 0 Å². The van der Waals surface area contributed by atoms with Gasteiger partial charge in [0, 0.05) is 27.5 Å². The number of benzene rings is 7. The fraction of sp³-hybridized carbons (Fsp3) is 0.0244. The second kappa shape index (κ2) is 11.3. The Kier molecular flexibility index (Phi) is 6.84. The zero-order valence-corrected chi connectivity index (χ0v) is 24.2. The van der Waals surface area contributed by atoms with E-state index in [0.717, 1.165) is 55.3 Å². The highest BCUT2D eigenvalue weighted by molar-refractivity contribution is 6.13. The Morgan fingerprint density at radius 2 is 1.09 bits per heavy atom. The normalized spacial score (nSPS) is 11.2. The van der Waals surface area contributed by atoms with Crippen LogP contribution in [0.2, 0.25) is 0 Å². The Morgan fingerprint density at radius 3 is 1.84 bits per heavy atom. The number of hydrogen-bond donors (Lipinski definition) is 0. The van der Waals surface area contributed by atoms with Crippen molar-refractivity contribution >= 4 is 61.5 Å². The Balaban J connectivity index is 1.27. The van der Waals surface area contributed by atoms with E-state index in [-0.39, 0.29) is 0 Å². The highest BCUT2D eigenvalue weighted by Crippen LogP contribution is 2.39. The quantitative estimate of drug-likeness (QED) is 0.155. The van der Waals surface area contributed by atoms with Gasteiger partial charge >= 0.3 is 0 Å². The number of rotatable bonds is 5. The zero-order chi connectivity index (χ0) is 30.0. The molecule has 0 N–H and O–H groups in total. The molecular formula is C41H27N3. The van der Waals surface area contributed by atoms with E-state index in [9.17, 15) is 10.5 Å². The lowest BCUT2D eigenvalue weighted by Crippen LogP contribution is -2.10. The molecule has 0 spiro atoms. The Bertz CT molecular complexity index is 2300. The number of nitriles is 2. The molecule has 0 aromatic heterocycles. The summed E-state index contributed by atoms with van der Waals surface area (Å²) in [6.07, 6.45) is 4.21. The van der Waals surface area contributed by atoms with Gasteiger partial charge in [-0.15, -0.1) is 0 Å². The van der Waals surface area contributed by atoms with Crippen LogP contribution < -0.4 is 4.90 Å². The lowest BCUT2D eigenvalue weighted by Gasteiger charge is -2.27. The lowest BCUT2D eigenvalue weighted by atomic mass is 9.91. The van der Waals surface area contributed by atoms with E-state index in [1.165, 1.54) is 10.8 Å². The average molecular weight is 562 g/mol. The molecule has 0 aliphatic rings. The maximum absolute atomic E-state index is 9.92. The lowest BCUT2D eigenvalue weighted by molar-refractivity contribution is 1.30. The van der Waals surface area contributed by atoms with Crippen molar-refractivity contribution in [3.05, 3.63) is 161 Å². The molecule has 44 heavy (non-hydrogen) atoms. The number of fused-ring (bicyclic) bond motifs is 4. The standard InChI is InChI=1S/C41H27N3/c1-28-14-22-35-37(24-28)38-25-30(19-23-36(38)40(27-43)39(35)26-42)16-15-29-17-20-33(21-18-29)44(32-10-3-2-4-11-32)41-13-7-9-31-8-5-6-12-34(31)41/h2-25H,1H3. The summed E-state index contributed by atoms with van der Waals surface area (Å²) in [6, 6.07) is 50.6. The Labute approximate surface area is 256 Å². The first-order chi connectivity index (χ1) is 21.6. The third kappa shape index (κ3) is 4.74. The van der Waals surface area contributed by atoms with Gasteiger partial charge in [0.1, 0.15) is 12.1 Å². The fourth-order valence-corrected chi connectivity index (χ4v) is 6.04. The topological polar surface area (TPSA) is 50.8 Å². The van der Waals surface area contributed by atoms with E-state index in [0.29, 0.717) is 11.1 Å². The third-order valence-electron chi connectivity index (χ3n) is 8.16. The molecule has 0 atom stereocenters. The Morgan fingerprint density at radius 1 is 0.500 bits per heavy atom. The molecule has 0 radical (unpaired) electrons. The van der Waals surface area contributed by atoms with Crippen molar-refractivity contribution in [2.24, 2.45) is 0 Å². The number of hydrogen-bond acceptors (Lipinski definition) is 3. The molecule has 0 aliphatic carbocycles. The van der Waals surface area contributed by atoms with Gasteiger partial charge in [0.15, 0.2) is 0 Å². The molecule has 0 saturated carbocycles. The monoisotopic (exact) mass is 561 g/mol. The van der Waals surface area contributed by atoms with Gasteiger partial charge in [-0.3, -0.25) is 0 Å². The summed E-state index contributed by atoms with van der Waals surface area (Å²) in [4.78, 5) is 2.30. The van der Waals surface area contributed by atoms with Crippen LogP contribution in [0.15, 0.2) is 133 Å². The van der Waals surface area contributed by atoms with Crippen molar-refractivity contribution in [3.63, 3.8) is 0 Å². The summed E-state index contributed by atoms with van der Waals surface area (Å²) in [7, 11) is 0. The van der Waals surface area contributed by atoms with Gasteiger partial charge in [0.05, 0.1) is 16.8 Å². The average Bonchev–Trinajstić information content (AvgIpc) is 3.08. The van der Waals surface area contributed by atoms with Gasteiger partial charge in [-0.1, -0.05) is 115 Å². The number of aryl methyl sites for hydroxylation is 1. The highest BCUT2D eigenvalue weighted by atomic mass is 15.1. The summed E-state index contributed by atoms with van der Waals surface area (Å²) >= 11 is 0. The van der Waals surface area contributed by atoms with Crippen LogP contribution in [-0.4, -0.2) is 0 Å². The minimum Gasteiger partial charge on any atom is -0.310 e. The fourth-order valence-electron chi connectivity index (χ4n) is 6.04. The van der Waals surface area contributed by atoms with Crippen molar-refractivity contribution in [1.29, 1.82) is 10.5 Å². The van der Waals surface area contributed by atoms with Gasteiger partial charge in [0.25, 0.3) is 0 Å². The van der Waals surface area contributed by atoms with Crippen LogP contribution in [0.4, 0.5) is 17.1 Å². The van der Waals surface area contributed by atoms with Gasteiger partial charge in [-0.05, 0) is 70.6 Å². The highest BCUT2D eigenvalue weighted by Gasteiger charge is 2.16. The summed E-state index contributed by atoms with van der Waals surface area (Å²) in [5.74, 6) is 0. The van der Waals surface area contributed by atoms with Gasteiger partial charge < -0.3 is 4.90 Å². The first-order valence-corrected chi connectivity index (χ1v) is 14.6. The molecule has 7 aromatic rings. The van der Waals surface area contributed by atoms with Crippen molar-refractivity contribution in [3.8, 4) is 12.1 Å². The molecule has 0 heterocycles. The molecular weight excluding hydrogens is 534 g/mol. The summed E-state index contributed by atoms with van der Waals surface area (Å²) < 4.78 is 0. The predicted octanol–water partition coefficient (Wildman–Crippen LogP) is 10.8. The number of anilines is 3. The van der Waals surface area contributed by atoms with Crippen LogP contribution in [0.3, 0.4) is 0 Å². The molecule has 0 bridgehead atoms. The van der Waals surface area contributed by atoms with Crippen molar-refractivity contribution in [2.45, 2.75) is 6.92 Å². The molecule has 3 heteroatoms. The molecule has 0 saturated heterocycles. The van der Waals surface area contributed by atoms with Crippen LogP contribution in [0.1, 0.15) is 27.8 Å². The van der Waals surface area contributed by atoms with Crippen LogP contribution in [0.5, 0.6) is 0 Å². The van der Waals surface area contributed by atoms with E-state index in [1.807, 2.05) is 37.3 Å². The number of nitrogens with zero attached hydrogens (tertiary/aromatic N) is 3. The largest absolute Gasteiger partial charge is 0.310 e. The molecule has 3 nitrogen and oxygen atoms in total. The van der Waals surface area contributed by atoms with Gasteiger partial charge in [0.2, 0.25) is 0 Å². The molecule has 0 unspecified atom stereocenters. The maximum Gasteiger partial charge on any atom is 0.101 e. The maximum atomic E-state index is 9.92. The first-order valence-electron chi connectivity index (χ1n) is 14.6. The Hall–Kier alpha value is -6.16. The smallest absolute Gasteiger partial charge is 0.101 e. The molecule has 0 amide bonds. The zero-order valence-electron chi connectivity index (χ0n) is 24.2. The van der Waals surface area contributed by atoms with Crippen LogP contribution in [0.25, 0.3) is 44.5 Å². The molecule has 7 rings (SSSR count). The minimum absolute atomic E-state index is 0.430. The minimum atomic E-state index is 0.430. The van der Waals surface area contributed by atoms with E-state index >= 15 is 0 Å². The second-order valence-electron chi connectivity index (χ2n) is 10.9. The van der Waals surface area contributed by atoms with Crippen LogP contribution in [0, 0.1) is 29.6 Å². The first kappa shape index (κ1) is 26.7. The van der Waals surface area contributed by atoms with Crippen LogP contribution in [-0.2, 0) is 0 Å². The molecule has 0 fully saturated rings. The molecule has 0 aliphatic heterocycles. The second-order valence-corrected chi connectivity index (χ2v) is 10.9. The molecule has 7 aromatic carbocycles. The van der Waals surface area contributed by atoms with Crippen molar-refractivity contribution in [1.82, 2.24) is 0 Å².